The lowest BCUT2D eigenvalue weighted by Gasteiger charge is -2.23. The summed E-state index contributed by atoms with van der Waals surface area (Å²) in [5, 5.41) is 0.486. The van der Waals surface area contributed by atoms with Crippen LogP contribution in [0.1, 0.15) is 47.1 Å². The number of fused-ring (bicyclic) bond motifs is 1. The van der Waals surface area contributed by atoms with Crippen LogP contribution in [-0.4, -0.2) is 41.7 Å². The van der Waals surface area contributed by atoms with E-state index in [4.69, 9.17) is 16.6 Å². The van der Waals surface area contributed by atoms with Crippen LogP contribution in [0, 0.1) is 0 Å². The third-order valence-corrected chi connectivity index (χ3v) is 9.87. The van der Waals surface area contributed by atoms with Gasteiger partial charge in [0.1, 0.15) is 5.82 Å². The molecule has 4 aromatic carbocycles. The summed E-state index contributed by atoms with van der Waals surface area (Å²) in [4.78, 5) is 23.9. The summed E-state index contributed by atoms with van der Waals surface area (Å²) in [5.74, 6) is 0.529. The van der Waals surface area contributed by atoms with E-state index in [0.717, 1.165) is 36.0 Å². The average Bonchev–Trinajstić information content (AvgIpc) is 3.68. The molecule has 1 unspecified atom stereocenters. The molecule has 7 nitrogen and oxygen atoms in total. The minimum absolute atomic E-state index is 0.0706. The summed E-state index contributed by atoms with van der Waals surface area (Å²) in [6.07, 6.45) is 3.06. The number of H-pyrrole nitrogens is 1. The number of rotatable bonds is 9. The quantitative estimate of drug-likeness (QED) is 0.197. The Kier molecular flexibility index (Phi) is 8.11. The minimum Gasteiger partial charge on any atom is -0.341 e. The molecule has 1 fully saturated rings. The van der Waals surface area contributed by atoms with Gasteiger partial charge in [-0.25, -0.2) is 13.4 Å². The number of hydrogen-bond acceptors (Lipinski definition) is 4. The standard InChI is InChI=1S/C33H31ClN4O3S/c34-26-15-18-28(19-16-26)42(40,41)38-22-8-14-31(38)32-35-29-20-17-27(23-30(29)36-32)37(33(39)25-12-5-2-6-13-25)21-7-11-24-9-3-1-4-10-24/h1-6,9-10,12-13,15-20,23,31H,7-8,11,14,21-22H2,(H,35,36). The predicted octanol–water partition coefficient (Wildman–Crippen LogP) is 7.02. The van der Waals surface area contributed by atoms with E-state index in [9.17, 15) is 13.2 Å². The largest absolute Gasteiger partial charge is 0.341 e. The van der Waals surface area contributed by atoms with Crippen molar-refractivity contribution in [2.75, 3.05) is 18.0 Å². The fourth-order valence-corrected chi connectivity index (χ4v) is 7.34. The van der Waals surface area contributed by atoms with Crippen LogP contribution in [0.2, 0.25) is 5.02 Å². The number of nitrogens with zero attached hydrogens (tertiary/aromatic N) is 3. The number of nitrogens with one attached hydrogen (secondary N) is 1. The molecule has 9 heteroatoms. The van der Waals surface area contributed by atoms with Crippen LogP contribution in [0.25, 0.3) is 11.0 Å². The van der Waals surface area contributed by atoms with Gasteiger partial charge in [-0.2, -0.15) is 4.31 Å². The molecule has 5 aromatic rings. The Morgan fingerprint density at radius 1 is 0.952 bits per heavy atom. The van der Waals surface area contributed by atoms with Gasteiger partial charge in [0.2, 0.25) is 10.0 Å². The number of imidazole rings is 1. The lowest BCUT2D eigenvalue weighted by Crippen LogP contribution is -2.32. The summed E-state index contributed by atoms with van der Waals surface area (Å²) in [7, 11) is -3.73. The topological polar surface area (TPSA) is 86.4 Å². The van der Waals surface area contributed by atoms with Gasteiger partial charge in [-0.3, -0.25) is 4.79 Å². The molecule has 0 saturated carbocycles. The first-order valence-corrected chi connectivity index (χ1v) is 15.9. The van der Waals surface area contributed by atoms with E-state index in [1.165, 1.54) is 22.0 Å². The third-order valence-electron chi connectivity index (χ3n) is 7.69. The zero-order valence-corrected chi connectivity index (χ0v) is 24.6. The van der Waals surface area contributed by atoms with Crippen molar-refractivity contribution in [1.29, 1.82) is 0 Å². The maximum Gasteiger partial charge on any atom is 0.258 e. The third kappa shape index (κ3) is 5.83. The molecular formula is C33H31ClN4O3S. The van der Waals surface area contributed by atoms with Crippen molar-refractivity contribution in [2.24, 2.45) is 0 Å². The first kappa shape index (κ1) is 28.2. The van der Waals surface area contributed by atoms with Gasteiger partial charge in [-0.1, -0.05) is 60.1 Å². The number of carbonyl (C=O) groups is 1. The van der Waals surface area contributed by atoms with Gasteiger partial charge in [0.25, 0.3) is 5.91 Å². The van der Waals surface area contributed by atoms with Crippen molar-refractivity contribution in [2.45, 2.75) is 36.6 Å². The number of aromatic amines is 1. The molecule has 1 aromatic heterocycles. The van der Waals surface area contributed by atoms with E-state index < -0.39 is 16.1 Å². The van der Waals surface area contributed by atoms with Crippen molar-refractivity contribution in [1.82, 2.24) is 14.3 Å². The molecule has 0 bridgehead atoms. The average molecular weight is 599 g/mol. The molecule has 2 heterocycles. The summed E-state index contributed by atoms with van der Waals surface area (Å²) < 4.78 is 28.5. The van der Waals surface area contributed by atoms with Crippen LogP contribution < -0.4 is 4.90 Å². The normalized spacial score (nSPS) is 15.7. The second-order valence-corrected chi connectivity index (χ2v) is 12.8. The molecule has 1 saturated heterocycles. The fraction of sp³-hybridized carbons (Fsp3) is 0.212. The Hall–Kier alpha value is -3.98. The Labute approximate surface area is 250 Å². The highest BCUT2D eigenvalue weighted by atomic mass is 35.5. The molecule has 1 atom stereocenters. The SMILES string of the molecule is O=C(c1ccccc1)N(CCCc1ccccc1)c1ccc2nc(C3CCCN3S(=O)(=O)c3ccc(Cl)cc3)[nH]c2c1. The lowest BCUT2D eigenvalue weighted by atomic mass is 10.1. The second-order valence-electron chi connectivity index (χ2n) is 10.5. The first-order chi connectivity index (χ1) is 20.4. The number of anilines is 1. The minimum atomic E-state index is -3.73. The van der Waals surface area contributed by atoms with E-state index in [1.807, 2.05) is 71.6 Å². The van der Waals surface area contributed by atoms with E-state index in [1.54, 1.807) is 12.1 Å². The van der Waals surface area contributed by atoms with Crippen LogP contribution in [-0.2, 0) is 16.4 Å². The highest BCUT2D eigenvalue weighted by Gasteiger charge is 2.38. The van der Waals surface area contributed by atoms with Gasteiger partial charge in [0, 0.05) is 29.4 Å². The Bertz CT molecular complexity index is 1790. The predicted molar refractivity (Wildman–Crippen MR) is 166 cm³/mol. The van der Waals surface area contributed by atoms with Crippen LogP contribution in [0.5, 0.6) is 0 Å². The van der Waals surface area contributed by atoms with E-state index in [0.29, 0.717) is 35.9 Å². The number of halogens is 1. The molecule has 0 spiro atoms. The lowest BCUT2D eigenvalue weighted by molar-refractivity contribution is 0.0986. The zero-order valence-electron chi connectivity index (χ0n) is 23.0. The maximum atomic E-state index is 13.7. The van der Waals surface area contributed by atoms with Crippen molar-refractivity contribution >= 4 is 44.3 Å². The number of amides is 1. The van der Waals surface area contributed by atoms with Crippen LogP contribution >= 0.6 is 11.6 Å². The van der Waals surface area contributed by atoms with E-state index in [-0.39, 0.29) is 10.8 Å². The monoisotopic (exact) mass is 598 g/mol. The molecule has 0 aliphatic carbocycles. The Balaban J connectivity index is 1.28. The first-order valence-electron chi connectivity index (χ1n) is 14.1. The van der Waals surface area contributed by atoms with Gasteiger partial charge >= 0.3 is 0 Å². The number of carbonyl (C=O) groups excluding carboxylic acids is 1. The van der Waals surface area contributed by atoms with Crippen LogP contribution in [0.3, 0.4) is 0 Å². The summed E-state index contributed by atoms with van der Waals surface area (Å²) in [5.41, 5.74) is 4.09. The molecule has 1 aliphatic rings. The molecule has 0 radical (unpaired) electrons. The highest BCUT2D eigenvalue weighted by molar-refractivity contribution is 7.89. The Morgan fingerprint density at radius 3 is 2.40 bits per heavy atom. The van der Waals surface area contributed by atoms with Crippen molar-refractivity contribution in [3.63, 3.8) is 0 Å². The summed E-state index contributed by atoms with van der Waals surface area (Å²) in [6, 6.07) is 31.1. The zero-order chi connectivity index (χ0) is 29.1. The van der Waals surface area contributed by atoms with Gasteiger partial charge in [0.05, 0.1) is 22.0 Å². The number of aromatic nitrogens is 2. The van der Waals surface area contributed by atoms with E-state index in [2.05, 4.69) is 17.1 Å². The van der Waals surface area contributed by atoms with Gasteiger partial charge in [-0.15, -0.1) is 0 Å². The smallest absolute Gasteiger partial charge is 0.258 e. The van der Waals surface area contributed by atoms with Gasteiger partial charge in [0.15, 0.2) is 0 Å². The number of sulfonamides is 1. The van der Waals surface area contributed by atoms with Crippen molar-refractivity contribution in [3.8, 4) is 0 Å². The van der Waals surface area contributed by atoms with Crippen molar-refractivity contribution in [3.05, 3.63) is 125 Å². The fourth-order valence-electron chi connectivity index (χ4n) is 5.56. The highest BCUT2D eigenvalue weighted by Crippen LogP contribution is 2.36. The molecular weight excluding hydrogens is 568 g/mol. The molecule has 214 valence electrons. The van der Waals surface area contributed by atoms with Crippen LogP contribution in [0.4, 0.5) is 5.69 Å². The van der Waals surface area contributed by atoms with Gasteiger partial charge in [-0.05, 0) is 85.8 Å². The van der Waals surface area contributed by atoms with Crippen molar-refractivity contribution < 1.29 is 13.2 Å². The summed E-state index contributed by atoms with van der Waals surface area (Å²) in [6.45, 7) is 0.962. The van der Waals surface area contributed by atoms with E-state index >= 15 is 0 Å². The van der Waals surface area contributed by atoms with Crippen LogP contribution in [0.15, 0.2) is 108 Å². The number of aryl methyl sites for hydroxylation is 1. The number of hydrogen-bond donors (Lipinski definition) is 1. The summed E-state index contributed by atoms with van der Waals surface area (Å²) >= 11 is 5.99. The van der Waals surface area contributed by atoms with Gasteiger partial charge < -0.3 is 9.88 Å². The number of benzene rings is 4. The Morgan fingerprint density at radius 2 is 1.67 bits per heavy atom. The molecule has 1 amide bonds. The second kappa shape index (κ2) is 12.1. The maximum absolute atomic E-state index is 13.7. The molecule has 1 aliphatic heterocycles. The molecule has 42 heavy (non-hydrogen) atoms. The molecule has 6 rings (SSSR count). The molecule has 1 N–H and O–H groups in total.